The van der Waals surface area contributed by atoms with Crippen LogP contribution in [0.25, 0.3) is 0 Å². The number of rotatable bonds is 6. The second kappa shape index (κ2) is 8.32. The van der Waals surface area contributed by atoms with Gasteiger partial charge in [-0.1, -0.05) is 24.3 Å². The smallest absolute Gasteiger partial charge is 0.203 e. The van der Waals surface area contributed by atoms with Gasteiger partial charge < -0.3 is 19.1 Å². The Morgan fingerprint density at radius 3 is 2.23 bits per heavy atom. The average molecular weight is 356 g/mol. The Morgan fingerprint density at radius 1 is 0.885 bits per heavy atom. The predicted octanol–water partition coefficient (Wildman–Crippen LogP) is 3.42. The molecule has 0 aliphatic carbocycles. The van der Waals surface area contributed by atoms with Crippen LogP contribution in [0.5, 0.6) is 17.2 Å². The van der Waals surface area contributed by atoms with Crippen LogP contribution in [0, 0.1) is 0 Å². The van der Waals surface area contributed by atoms with Gasteiger partial charge in [-0.15, -0.1) is 0 Å². The fraction of sp³-hybridized carbons (Fsp3) is 0.429. The first-order valence-electron chi connectivity index (χ1n) is 8.99. The molecule has 5 heteroatoms. The summed E-state index contributed by atoms with van der Waals surface area (Å²) in [4.78, 5) is 4.94. The molecule has 1 aliphatic heterocycles. The zero-order valence-electron chi connectivity index (χ0n) is 16.1. The van der Waals surface area contributed by atoms with Crippen molar-refractivity contribution in [3.8, 4) is 17.2 Å². The van der Waals surface area contributed by atoms with E-state index >= 15 is 0 Å². The van der Waals surface area contributed by atoms with Crippen LogP contribution in [0.15, 0.2) is 42.5 Å². The van der Waals surface area contributed by atoms with Crippen molar-refractivity contribution < 1.29 is 14.2 Å². The average Bonchev–Trinajstić information content (AvgIpc) is 2.69. The van der Waals surface area contributed by atoms with E-state index in [1.165, 1.54) is 5.69 Å². The van der Waals surface area contributed by atoms with Crippen LogP contribution in [0.1, 0.15) is 12.5 Å². The number of hydrogen-bond acceptors (Lipinski definition) is 5. The van der Waals surface area contributed by atoms with Crippen LogP contribution in [-0.4, -0.2) is 51.9 Å². The Balaban J connectivity index is 1.74. The number of benzene rings is 2. The standard InChI is InChI=1S/C21H28N2O3/c1-16-14-23(18-8-6-5-7-9-18)13-12-22(16)15-17-10-11-19(24-2)21(26-4)20(17)25-3/h5-11,16H,12-15H2,1-4H3/t16-/m0/s1. The number of ether oxygens (including phenoxy) is 3. The van der Waals surface area contributed by atoms with Gasteiger partial charge in [-0.3, -0.25) is 4.90 Å². The molecule has 0 saturated carbocycles. The molecule has 5 nitrogen and oxygen atoms in total. The number of para-hydroxylation sites is 1. The van der Waals surface area contributed by atoms with Gasteiger partial charge in [0.1, 0.15) is 0 Å². The lowest BCUT2D eigenvalue weighted by molar-refractivity contribution is 0.178. The Bertz CT molecular complexity index is 721. The fourth-order valence-electron chi connectivity index (χ4n) is 3.61. The lowest BCUT2D eigenvalue weighted by atomic mass is 10.1. The third-order valence-electron chi connectivity index (χ3n) is 5.05. The Labute approximate surface area is 156 Å². The van der Waals surface area contributed by atoms with Crippen LogP contribution < -0.4 is 19.1 Å². The van der Waals surface area contributed by atoms with Gasteiger partial charge in [0.05, 0.1) is 21.3 Å². The van der Waals surface area contributed by atoms with E-state index in [0.717, 1.165) is 37.5 Å². The third kappa shape index (κ3) is 3.73. The normalized spacial score (nSPS) is 17.8. The molecule has 1 aliphatic rings. The minimum atomic E-state index is 0.446. The molecule has 0 N–H and O–H groups in total. The maximum atomic E-state index is 5.64. The number of hydrogen-bond donors (Lipinski definition) is 0. The number of methoxy groups -OCH3 is 3. The van der Waals surface area contributed by atoms with Crippen molar-refractivity contribution in [2.45, 2.75) is 19.5 Å². The van der Waals surface area contributed by atoms with Crippen molar-refractivity contribution >= 4 is 5.69 Å². The lowest BCUT2D eigenvalue weighted by Gasteiger charge is -2.41. The highest BCUT2D eigenvalue weighted by atomic mass is 16.5. The topological polar surface area (TPSA) is 34.2 Å². The zero-order chi connectivity index (χ0) is 18.5. The van der Waals surface area contributed by atoms with Crippen LogP contribution in [0.2, 0.25) is 0 Å². The second-order valence-electron chi connectivity index (χ2n) is 6.59. The summed E-state index contributed by atoms with van der Waals surface area (Å²) < 4.78 is 16.5. The minimum Gasteiger partial charge on any atom is -0.493 e. The Morgan fingerprint density at radius 2 is 1.62 bits per heavy atom. The summed E-state index contributed by atoms with van der Waals surface area (Å²) >= 11 is 0. The largest absolute Gasteiger partial charge is 0.493 e. The molecule has 1 heterocycles. The van der Waals surface area contributed by atoms with Crippen molar-refractivity contribution in [3.05, 3.63) is 48.0 Å². The molecular formula is C21H28N2O3. The van der Waals surface area contributed by atoms with Gasteiger partial charge in [-0.05, 0) is 25.1 Å². The molecule has 0 radical (unpaired) electrons. The van der Waals surface area contributed by atoms with E-state index in [2.05, 4.69) is 53.1 Å². The third-order valence-corrected chi connectivity index (χ3v) is 5.05. The van der Waals surface area contributed by atoms with Gasteiger partial charge >= 0.3 is 0 Å². The first kappa shape index (κ1) is 18.4. The SMILES string of the molecule is COc1ccc(CN2CCN(c3ccccc3)C[C@@H]2C)c(OC)c1OC. The van der Waals surface area contributed by atoms with E-state index < -0.39 is 0 Å². The van der Waals surface area contributed by atoms with Gasteiger partial charge in [0.2, 0.25) is 5.75 Å². The first-order valence-corrected chi connectivity index (χ1v) is 8.99. The van der Waals surface area contributed by atoms with E-state index in [1.54, 1.807) is 21.3 Å². The Kier molecular flexibility index (Phi) is 5.89. The van der Waals surface area contributed by atoms with Crippen molar-refractivity contribution in [2.24, 2.45) is 0 Å². The highest BCUT2D eigenvalue weighted by Crippen LogP contribution is 2.40. The highest BCUT2D eigenvalue weighted by molar-refractivity contribution is 5.55. The van der Waals surface area contributed by atoms with E-state index in [1.807, 2.05) is 6.07 Å². The molecule has 2 aromatic carbocycles. The monoisotopic (exact) mass is 356 g/mol. The maximum Gasteiger partial charge on any atom is 0.203 e. The fourth-order valence-corrected chi connectivity index (χ4v) is 3.61. The second-order valence-corrected chi connectivity index (χ2v) is 6.59. The molecule has 1 saturated heterocycles. The molecular weight excluding hydrogens is 328 g/mol. The molecule has 1 fully saturated rings. The van der Waals surface area contributed by atoms with E-state index in [9.17, 15) is 0 Å². The van der Waals surface area contributed by atoms with E-state index in [4.69, 9.17) is 14.2 Å². The van der Waals surface area contributed by atoms with Crippen LogP contribution >= 0.6 is 0 Å². The van der Waals surface area contributed by atoms with Crippen LogP contribution in [0.3, 0.4) is 0 Å². The lowest BCUT2D eigenvalue weighted by Crippen LogP contribution is -2.51. The molecule has 0 spiro atoms. The summed E-state index contributed by atoms with van der Waals surface area (Å²) in [7, 11) is 4.96. The van der Waals surface area contributed by atoms with Gasteiger partial charge in [0.15, 0.2) is 11.5 Å². The van der Waals surface area contributed by atoms with Crippen molar-refractivity contribution in [3.63, 3.8) is 0 Å². The zero-order valence-corrected chi connectivity index (χ0v) is 16.1. The Hall–Kier alpha value is -2.40. The molecule has 0 bridgehead atoms. The van der Waals surface area contributed by atoms with Crippen molar-refractivity contribution in [1.82, 2.24) is 4.90 Å². The predicted molar refractivity (Wildman–Crippen MR) is 105 cm³/mol. The number of nitrogens with zero attached hydrogens (tertiary/aromatic N) is 2. The molecule has 0 unspecified atom stereocenters. The molecule has 1 atom stereocenters. The minimum absolute atomic E-state index is 0.446. The molecule has 2 aromatic rings. The van der Waals surface area contributed by atoms with E-state index in [-0.39, 0.29) is 0 Å². The molecule has 140 valence electrons. The molecule has 26 heavy (non-hydrogen) atoms. The van der Waals surface area contributed by atoms with Gasteiger partial charge in [0, 0.05) is 43.5 Å². The van der Waals surface area contributed by atoms with Crippen LogP contribution in [-0.2, 0) is 6.54 Å². The van der Waals surface area contributed by atoms with Crippen molar-refractivity contribution in [1.29, 1.82) is 0 Å². The molecule has 0 aromatic heterocycles. The van der Waals surface area contributed by atoms with Crippen LogP contribution in [0.4, 0.5) is 5.69 Å². The summed E-state index contributed by atoms with van der Waals surface area (Å²) in [5.74, 6) is 2.10. The quantitative estimate of drug-likeness (QED) is 0.792. The molecule has 0 amide bonds. The summed E-state index contributed by atoms with van der Waals surface area (Å²) in [6.45, 7) is 6.15. The summed E-state index contributed by atoms with van der Waals surface area (Å²) in [6.07, 6.45) is 0. The summed E-state index contributed by atoms with van der Waals surface area (Å²) in [6, 6.07) is 15.1. The van der Waals surface area contributed by atoms with Gasteiger partial charge in [-0.2, -0.15) is 0 Å². The van der Waals surface area contributed by atoms with Crippen molar-refractivity contribution in [2.75, 3.05) is 45.9 Å². The summed E-state index contributed by atoms with van der Waals surface area (Å²) in [5.41, 5.74) is 2.41. The number of piperazine rings is 1. The summed E-state index contributed by atoms with van der Waals surface area (Å²) in [5, 5.41) is 0. The van der Waals surface area contributed by atoms with Gasteiger partial charge in [-0.25, -0.2) is 0 Å². The molecule has 3 rings (SSSR count). The highest BCUT2D eigenvalue weighted by Gasteiger charge is 2.26. The maximum absolute atomic E-state index is 5.64. The van der Waals surface area contributed by atoms with Gasteiger partial charge in [0.25, 0.3) is 0 Å². The number of anilines is 1. The van der Waals surface area contributed by atoms with E-state index in [0.29, 0.717) is 17.5 Å². The first-order chi connectivity index (χ1) is 12.7.